The summed E-state index contributed by atoms with van der Waals surface area (Å²) in [5.41, 5.74) is 0.883. The van der Waals surface area contributed by atoms with Crippen LogP contribution < -0.4 is 5.32 Å². The molecule has 7 heteroatoms. The maximum atomic E-state index is 13.2. The number of ether oxygens (including phenoxy) is 1. The number of amides is 3. The van der Waals surface area contributed by atoms with Crippen molar-refractivity contribution in [3.8, 4) is 0 Å². The lowest BCUT2D eigenvalue weighted by Gasteiger charge is -2.37. The molecule has 6 rings (SSSR count). The van der Waals surface area contributed by atoms with Gasteiger partial charge in [0.2, 0.25) is 17.7 Å². The molecule has 7 nitrogen and oxygen atoms in total. The molecule has 7 atom stereocenters. The van der Waals surface area contributed by atoms with Crippen LogP contribution in [0.3, 0.4) is 0 Å². The summed E-state index contributed by atoms with van der Waals surface area (Å²) in [6.07, 6.45) is 5.34. The van der Waals surface area contributed by atoms with E-state index in [1.165, 1.54) is 4.90 Å². The van der Waals surface area contributed by atoms with Crippen LogP contribution >= 0.6 is 0 Å². The zero-order valence-electron chi connectivity index (χ0n) is 18.5. The topological polar surface area (TPSA) is 92.8 Å². The first-order chi connectivity index (χ1) is 15.3. The lowest BCUT2D eigenvalue weighted by atomic mass is 9.63. The molecule has 168 valence electrons. The summed E-state index contributed by atoms with van der Waals surface area (Å²) in [6.45, 7) is 5.85. The van der Waals surface area contributed by atoms with Crippen LogP contribution in [0, 0.1) is 41.4 Å². The van der Waals surface area contributed by atoms with Gasteiger partial charge in [-0.2, -0.15) is 0 Å². The predicted molar refractivity (Wildman–Crippen MR) is 116 cm³/mol. The van der Waals surface area contributed by atoms with Crippen molar-refractivity contribution in [2.24, 2.45) is 41.4 Å². The molecule has 2 bridgehead atoms. The van der Waals surface area contributed by atoms with Crippen LogP contribution in [0.25, 0.3) is 0 Å². The fraction of sp³-hybridized carbons (Fsp3) is 0.520. The van der Waals surface area contributed by atoms with Crippen molar-refractivity contribution in [3.05, 3.63) is 42.0 Å². The number of nitrogens with zero attached hydrogens (tertiary/aromatic N) is 1. The second-order valence-corrected chi connectivity index (χ2v) is 9.94. The first-order valence-electron chi connectivity index (χ1n) is 11.4. The van der Waals surface area contributed by atoms with Crippen LogP contribution in [0.4, 0.5) is 5.69 Å². The summed E-state index contributed by atoms with van der Waals surface area (Å²) >= 11 is 0. The van der Waals surface area contributed by atoms with E-state index in [1.807, 2.05) is 13.8 Å². The number of imide groups is 1. The molecule has 1 saturated heterocycles. The summed E-state index contributed by atoms with van der Waals surface area (Å²) in [5.74, 6) is -0.324. The Morgan fingerprint density at radius 2 is 1.56 bits per heavy atom. The predicted octanol–water partition coefficient (Wildman–Crippen LogP) is 2.88. The molecule has 1 aliphatic heterocycles. The lowest BCUT2D eigenvalue weighted by Crippen LogP contribution is -2.46. The molecule has 0 radical (unpaired) electrons. The van der Waals surface area contributed by atoms with Crippen molar-refractivity contribution in [2.45, 2.75) is 33.2 Å². The lowest BCUT2D eigenvalue weighted by molar-refractivity contribution is -0.146. The highest BCUT2D eigenvalue weighted by Gasteiger charge is 2.67. The highest BCUT2D eigenvalue weighted by atomic mass is 16.5. The van der Waals surface area contributed by atoms with Crippen molar-refractivity contribution in [1.82, 2.24) is 4.90 Å². The van der Waals surface area contributed by atoms with E-state index in [0.29, 0.717) is 29.7 Å². The van der Waals surface area contributed by atoms with Gasteiger partial charge in [-0.15, -0.1) is 0 Å². The summed E-state index contributed by atoms with van der Waals surface area (Å²) in [5, 5.41) is 2.76. The third kappa shape index (κ3) is 3.26. The quantitative estimate of drug-likeness (QED) is 0.421. The number of allylic oxidation sites excluding steroid dienone is 2. The van der Waals surface area contributed by atoms with E-state index < -0.39 is 17.9 Å². The fourth-order valence-corrected chi connectivity index (χ4v) is 5.74. The number of esters is 1. The molecule has 3 amide bonds. The van der Waals surface area contributed by atoms with Gasteiger partial charge in [0.15, 0.2) is 0 Å². The fourth-order valence-electron chi connectivity index (χ4n) is 5.74. The smallest absolute Gasteiger partial charge is 0.338 e. The summed E-state index contributed by atoms with van der Waals surface area (Å²) in [4.78, 5) is 52.5. The number of benzene rings is 1. The number of carbonyl (C=O) groups is 4. The Labute approximate surface area is 187 Å². The van der Waals surface area contributed by atoms with Gasteiger partial charge in [0.05, 0.1) is 24.0 Å². The molecular formula is C25H28N2O5. The van der Waals surface area contributed by atoms with E-state index in [4.69, 9.17) is 4.74 Å². The van der Waals surface area contributed by atoms with Crippen molar-refractivity contribution in [2.75, 3.05) is 11.9 Å². The van der Waals surface area contributed by atoms with Crippen LogP contribution in [0.2, 0.25) is 0 Å². The minimum atomic E-state index is -0.896. The average molecular weight is 437 g/mol. The van der Waals surface area contributed by atoms with Crippen LogP contribution in [-0.2, 0) is 19.1 Å². The molecule has 1 aromatic rings. The number of likely N-dealkylation sites (tertiary alicyclic amines) is 1. The third-order valence-corrected chi connectivity index (χ3v) is 7.40. The van der Waals surface area contributed by atoms with Gasteiger partial charge in [-0.1, -0.05) is 26.0 Å². The molecule has 4 aliphatic carbocycles. The van der Waals surface area contributed by atoms with E-state index >= 15 is 0 Å². The van der Waals surface area contributed by atoms with Crippen LogP contribution in [0.1, 0.15) is 37.6 Å². The van der Waals surface area contributed by atoms with Gasteiger partial charge in [-0.05, 0) is 67.2 Å². The molecule has 5 aliphatic rings. The van der Waals surface area contributed by atoms with Gasteiger partial charge >= 0.3 is 5.97 Å². The zero-order chi connectivity index (χ0) is 22.7. The molecule has 32 heavy (non-hydrogen) atoms. The number of nitrogens with one attached hydrogen (secondary N) is 1. The number of carbonyl (C=O) groups excluding carboxylic acids is 4. The monoisotopic (exact) mass is 436 g/mol. The minimum absolute atomic E-state index is 0.134. The Kier molecular flexibility index (Phi) is 4.95. The van der Waals surface area contributed by atoms with E-state index in [0.717, 1.165) is 6.42 Å². The highest BCUT2D eigenvalue weighted by molar-refractivity contribution is 6.10. The van der Waals surface area contributed by atoms with Gasteiger partial charge in [0.25, 0.3) is 0 Å². The Hall–Kier alpha value is -2.96. The first kappa shape index (κ1) is 20.9. The highest BCUT2D eigenvalue weighted by Crippen LogP contribution is 2.65. The number of hydrogen-bond acceptors (Lipinski definition) is 5. The molecule has 0 spiro atoms. The maximum absolute atomic E-state index is 13.2. The van der Waals surface area contributed by atoms with E-state index in [9.17, 15) is 19.2 Å². The summed E-state index contributed by atoms with van der Waals surface area (Å²) < 4.78 is 5.21. The molecule has 2 saturated carbocycles. The van der Waals surface area contributed by atoms with Crippen molar-refractivity contribution >= 4 is 29.4 Å². The SMILES string of the molecule is CC(C)COC(=O)c1ccc(NC(=O)[C@H](C)N2C(=O)[C@@H]3[C@H]4C=C[C@@H]([C@@H]5C[C@H]45)[C@H]3C2=O)cc1. The first-order valence-corrected chi connectivity index (χ1v) is 11.4. The van der Waals surface area contributed by atoms with E-state index in [-0.39, 0.29) is 41.4 Å². The van der Waals surface area contributed by atoms with Crippen molar-refractivity contribution in [3.63, 3.8) is 0 Å². The molecule has 0 aromatic heterocycles. The zero-order valence-corrected chi connectivity index (χ0v) is 18.5. The minimum Gasteiger partial charge on any atom is -0.462 e. The van der Waals surface area contributed by atoms with Crippen LogP contribution in [0.15, 0.2) is 36.4 Å². The Morgan fingerprint density at radius 3 is 2.09 bits per heavy atom. The normalized spacial score (nSPS) is 32.6. The third-order valence-electron chi connectivity index (χ3n) is 7.40. The van der Waals surface area contributed by atoms with Gasteiger partial charge in [0.1, 0.15) is 6.04 Å². The number of rotatable bonds is 6. The van der Waals surface area contributed by atoms with Crippen LogP contribution in [-0.4, -0.2) is 41.2 Å². The molecule has 3 fully saturated rings. The second kappa shape index (κ2) is 7.57. The summed E-state index contributed by atoms with van der Waals surface area (Å²) in [6, 6.07) is 5.49. The van der Waals surface area contributed by atoms with Crippen molar-refractivity contribution in [1.29, 1.82) is 0 Å². The van der Waals surface area contributed by atoms with Gasteiger partial charge in [-0.25, -0.2) is 4.79 Å². The Morgan fingerprint density at radius 1 is 1.00 bits per heavy atom. The largest absolute Gasteiger partial charge is 0.462 e. The van der Waals surface area contributed by atoms with E-state index in [1.54, 1.807) is 31.2 Å². The standard InChI is InChI=1S/C25H28N2O5/c1-12(2)11-32-25(31)14-4-6-15(7-5-14)26-22(28)13(3)27-23(29)20-16-8-9-17(19-10-18(16)19)21(20)24(27)30/h4-9,12-13,16-21H,10-11H2,1-3H3,(H,26,28)/t13-,16-,17-,18-,19+,20+,21+/m0/s1. The van der Waals surface area contributed by atoms with Gasteiger partial charge < -0.3 is 10.1 Å². The van der Waals surface area contributed by atoms with Crippen LogP contribution in [0.5, 0.6) is 0 Å². The van der Waals surface area contributed by atoms with E-state index in [2.05, 4.69) is 17.5 Å². The summed E-state index contributed by atoms with van der Waals surface area (Å²) in [7, 11) is 0. The number of anilines is 1. The number of hydrogen-bond donors (Lipinski definition) is 1. The molecule has 0 unspecified atom stereocenters. The maximum Gasteiger partial charge on any atom is 0.338 e. The molecular weight excluding hydrogens is 408 g/mol. The molecule has 1 N–H and O–H groups in total. The second-order valence-electron chi connectivity index (χ2n) is 9.94. The van der Waals surface area contributed by atoms with Crippen molar-refractivity contribution < 1.29 is 23.9 Å². The average Bonchev–Trinajstić information content (AvgIpc) is 3.55. The van der Waals surface area contributed by atoms with Gasteiger partial charge in [0, 0.05) is 5.69 Å². The molecule has 1 heterocycles. The Bertz CT molecular complexity index is 978. The Balaban J connectivity index is 1.24. The van der Waals surface area contributed by atoms with Gasteiger partial charge in [-0.3, -0.25) is 19.3 Å². The molecule has 1 aromatic carbocycles.